The van der Waals surface area contributed by atoms with E-state index in [1.807, 2.05) is 31.2 Å². The number of ether oxygens (including phenoxy) is 1. The molecule has 0 aromatic heterocycles. The van der Waals surface area contributed by atoms with Gasteiger partial charge in [-0.2, -0.15) is 0 Å². The Hall–Kier alpha value is -3.78. The monoisotopic (exact) mass is 491 g/mol. The average Bonchev–Trinajstić information content (AvgIpc) is 3.11. The number of hydrogen-bond acceptors (Lipinski definition) is 5. The Labute approximate surface area is 192 Å². The first-order chi connectivity index (χ1) is 15.5. The summed E-state index contributed by atoms with van der Waals surface area (Å²) in [6, 6.07) is 20.8. The van der Waals surface area contributed by atoms with Crippen LogP contribution in [0.25, 0.3) is 6.08 Å². The van der Waals surface area contributed by atoms with Crippen molar-refractivity contribution in [3.8, 4) is 5.75 Å². The number of nitro benzene ring substituents is 1. The smallest absolute Gasteiger partial charge is 0.282 e. The molecule has 0 saturated carbocycles. The summed E-state index contributed by atoms with van der Waals surface area (Å²) in [6.07, 6.45) is 1.45. The first-order valence-corrected chi connectivity index (χ1v) is 10.6. The SMILES string of the molecule is CCOc1ccc(N2C(=O)/C(=C\c3ccccc3[N+](=O)[O-])N=C2c2ccc(Br)cc2)cc1. The van der Waals surface area contributed by atoms with Gasteiger partial charge in [0.25, 0.3) is 11.6 Å². The number of benzene rings is 3. The highest BCUT2D eigenvalue weighted by atomic mass is 79.9. The lowest BCUT2D eigenvalue weighted by molar-refractivity contribution is -0.385. The maximum Gasteiger partial charge on any atom is 0.282 e. The van der Waals surface area contributed by atoms with E-state index in [4.69, 9.17) is 4.74 Å². The van der Waals surface area contributed by atoms with Gasteiger partial charge in [-0.15, -0.1) is 0 Å². The molecule has 3 aromatic rings. The van der Waals surface area contributed by atoms with Crippen molar-refractivity contribution in [1.29, 1.82) is 0 Å². The molecular weight excluding hydrogens is 474 g/mol. The summed E-state index contributed by atoms with van der Waals surface area (Å²) in [5, 5.41) is 11.4. The van der Waals surface area contributed by atoms with Gasteiger partial charge in [-0.05, 0) is 55.5 Å². The molecule has 32 heavy (non-hydrogen) atoms. The molecule has 0 aliphatic carbocycles. The summed E-state index contributed by atoms with van der Waals surface area (Å²) in [5.74, 6) is 0.766. The van der Waals surface area contributed by atoms with Crippen molar-refractivity contribution in [2.45, 2.75) is 6.92 Å². The van der Waals surface area contributed by atoms with Crippen molar-refractivity contribution in [3.63, 3.8) is 0 Å². The van der Waals surface area contributed by atoms with Crippen molar-refractivity contribution >= 4 is 45.1 Å². The number of para-hydroxylation sites is 1. The van der Waals surface area contributed by atoms with E-state index < -0.39 is 4.92 Å². The van der Waals surface area contributed by atoms with E-state index in [1.165, 1.54) is 17.0 Å². The average molecular weight is 492 g/mol. The Morgan fingerprint density at radius 2 is 1.75 bits per heavy atom. The Morgan fingerprint density at radius 1 is 1.06 bits per heavy atom. The molecule has 3 aromatic carbocycles. The number of nitro groups is 1. The minimum Gasteiger partial charge on any atom is -0.494 e. The van der Waals surface area contributed by atoms with Gasteiger partial charge in [0.15, 0.2) is 0 Å². The fourth-order valence-electron chi connectivity index (χ4n) is 3.33. The van der Waals surface area contributed by atoms with Gasteiger partial charge in [-0.3, -0.25) is 19.8 Å². The molecule has 0 spiro atoms. The van der Waals surface area contributed by atoms with E-state index in [1.54, 1.807) is 42.5 Å². The van der Waals surface area contributed by atoms with Crippen LogP contribution in [0.4, 0.5) is 11.4 Å². The summed E-state index contributed by atoms with van der Waals surface area (Å²) in [6.45, 7) is 2.44. The molecule has 4 rings (SSSR count). The fourth-order valence-corrected chi connectivity index (χ4v) is 3.59. The Bertz CT molecular complexity index is 1230. The van der Waals surface area contributed by atoms with E-state index in [0.717, 1.165) is 10.0 Å². The Morgan fingerprint density at radius 3 is 2.41 bits per heavy atom. The van der Waals surface area contributed by atoms with Crippen LogP contribution in [0, 0.1) is 10.1 Å². The fraction of sp³-hybridized carbons (Fsp3) is 0.0833. The number of carbonyl (C=O) groups excluding carboxylic acids is 1. The summed E-state index contributed by atoms with van der Waals surface area (Å²) in [7, 11) is 0. The van der Waals surface area contributed by atoms with Gasteiger partial charge in [-0.25, -0.2) is 4.99 Å². The van der Waals surface area contributed by atoms with E-state index in [2.05, 4.69) is 20.9 Å². The topological polar surface area (TPSA) is 85.0 Å². The molecule has 0 atom stereocenters. The van der Waals surface area contributed by atoms with Gasteiger partial charge >= 0.3 is 0 Å². The lowest BCUT2D eigenvalue weighted by Gasteiger charge is -2.19. The summed E-state index contributed by atoms with van der Waals surface area (Å²) >= 11 is 3.42. The van der Waals surface area contributed by atoms with E-state index in [-0.39, 0.29) is 17.3 Å². The summed E-state index contributed by atoms with van der Waals surface area (Å²) in [5.41, 5.74) is 1.69. The van der Waals surface area contributed by atoms with Gasteiger partial charge in [0, 0.05) is 16.1 Å². The van der Waals surface area contributed by atoms with Crippen LogP contribution in [0.15, 0.2) is 88.0 Å². The molecule has 0 radical (unpaired) electrons. The second kappa shape index (κ2) is 9.15. The molecule has 0 bridgehead atoms. The normalized spacial score (nSPS) is 14.6. The van der Waals surface area contributed by atoms with Crippen molar-refractivity contribution < 1.29 is 14.5 Å². The molecular formula is C24H18BrN3O4. The van der Waals surface area contributed by atoms with Gasteiger partial charge in [0.2, 0.25) is 0 Å². The number of rotatable bonds is 6. The van der Waals surface area contributed by atoms with Crippen molar-refractivity contribution in [2.75, 3.05) is 11.5 Å². The molecule has 1 amide bonds. The van der Waals surface area contributed by atoms with Crippen LogP contribution in [-0.4, -0.2) is 23.3 Å². The van der Waals surface area contributed by atoms with Crippen LogP contribution >= 0.6 is 15.9 Å². The number of carbonyl (C=O) groups is 1. The van der Waals surface area contributed by atoms with E-state index >= 15 is 0 Å². The molecule has 1 heterocycles. The van der Waals surface area contributed by atoms with Crippen molar-refractivity contribution in [1.82, 2.24) is 0 Å². The number of nitrogens with zero attached hydrogens (tertiary/aromatic N) is 3. The third-order valence-corrected chi connectivity index (χ3v) is 5.32. The summed E-state index contributed by atoms with van der Waals surface area (Å²) < 4.78 is 6.39. The number of halogens is 1. The minimum atomic E-state index is -0.477. The van der Waals surface area contributed by atoms with Crippen LogP contribution in [0.3, 0.4) is 0 Å². The highest BCUT2D eigenvalue weighted by Gasteiger charge is 2.33. The largest absolute Gasteiger partial charge is 0.494 e. The predicted molar refractivity (Wildman–Crippen MR) is 127 cm³/mol. The first-order valence-electron chi connectivity index (χ1n) is 9.85. The van der Waals surface area contributed by atoms with Crippen molar-refractivity contribution in [2.24, 2.45) is 4.99 Å². The second-order valence-corrected chi connectivity index (χ2v) is 7.77. The lowest BCUT2D eigenvalue weighted by atomic mass is 10.1. The number of aliphatic imine (C=N–C) groups is 1. The first kappa shape index (κ1) is 21.5. The maximum atomic E-state index is 13.4. The minimum absolute atomic E-state index is 0.0901. The van der Waals surface area contributed by atoms with Gasteiger partial charge < -0.3 is 4.74 Å². The van der Waals surface area contributed by atoms with E-state index in [0.29, 0.717) is 29.4 Å². The van der Waals surface area contributed by atoms with Crippen LogP contribution in [-0.2, 0) is 4.79 Å². The Kier molecular flexibility index (Phi) is 6.13. The predicted octanol–water partition coefficient (Wildman–Crippen LogP) is 5.59. The van der Waals surface area contributed by atoms with Gasteiger partial charge in [0.05, 0.1) is 22.8 Å². The lowest BCUT2D eigenvalue weighted by Crippen LogP contribution is -2.32. The van der Waals surface area contributed by atoms with Gasteiger partial charge in [0.1, 0.15) is 17.3 Å². The van der Waals surface area contributed by atoms with Crippen LogP contribution in [0.2, 0.25) is 0 Å². The van der Waals surface area contributed by atoms with Crippen LogP contribution in [0.1, 0.15) is 18.1 Å². The quantitative estimate of drug-likeness (QED) is 0.255. The molecule has 1 aliphatic heterocycles. The molecule has 0 N–H and O–H groups in total. The maximum absolute atomic E-state index is 13.4. The number of anilines is 1. The van der Waals surface area contributed by atoms with Crippen molar-refractivity contribution in [3.05, 3.63) is 104 Å². The van der Waals surface area contributed by atoms with Crippen LogP contribution < -0.4 is 9.64 Å². The summed E-state index contributed by atoms with van der Waals surface area (Å²) in [4.78, 5) is 30.4. The van der Waals surface area contributed by atoms with Gasteiger partial charge in [-0.1, -0.05) is 40.2 Å². The molecule has 0 saturated heterocycles. The highest BCUT2D eigenvalue weighted by Crippen LogP contribution is 2.31. The Balaban J connectivity index is 1.81. The number of hydrogen-bond donors (Lipinski definition) is 0. The molecule has 8 heteroatoms. The zero-order valence-corrected chi connectivity index (χ0v) is 18.7. The molecule has 7 nitrogen and oxygen atoms in total. The highest BCUT2D eigenvalue weighted by molar-refractivity contribution is 9.10. The third-order valence-electron chi connectivity index (χ3n) is 4.79. The molecule has 1 aliphatic rings. The standard InChI is InChI=1S/C24H18BrN3O4/c1-2-32-20-13-11-19(12-14-20)27-23(16-7-9-18(25)10-8-16)26-21(24(27)29)15-17-5-3-4-6-22(17)28(30)31/h3-15H,2H2,1H3/b21-15+. The molecule has 160 valence electrons. The number of amides is 1. The zero-order chi connectivity index (χ0) is 22.7. The third kappa shape index (κ3) is 4.31. The van der Waals surface area contributed by atoms with E-state index in [9.17, 15) is 14.9 Å². The van der Waals surface area contributed by atoms with Crippen LogP contribution in [0.5, 0.6) is 5.75 Å². The number of amidine groups is 1. The second-order valence-electron chi connectivity index (χ2n) is 6.86. The molecule has 0 fully saturated rings. The molecule has 0 unspecified atom stereocenters. The zero-order valence-electron chi connectivity index (χ0n) is 17.1.